The average molecular weight is 434 g/mol. The maximum atomic E-state index is 13.4. The molecule has 32 heavy (non-hydrogen) atoms. The molecule has 1 saturated carbocycles. The Labute approximate surface area is 187 Å². The van der Waals surface area contributed by atoms with Crippen LogP contribution in [0.2, 0.25) is 0 Å². The van der Waals surface area contributed by atoms with Crippen LogP contribution in [-0.4, -0.2) is 44.4 Å². The third kappa shape index (κ3) is 3.51. The number of hydrogen-bond donors (Lipinski definition) is 0. The fourth-order valence-corrected chi connectivity index (χ4v) is 5.84. The van der Waals surface area contributed by atoms with Gasteiger partial charge in [-0.25, -0.2) is 19.0 Å². The van der Waals surface area contributed by atoms with E-state index < -0.39 is 0 Å². The van der Waals surface area contributed by atoms with Crippen LogP contribution >= 0.6 is 0 Å². The summed E-state index contributed by atoms with van der Waals surface area (Å²) < 4.78 is 15.4. The standard InChI is InChI=1S/C24H28FN7/c1-16-11-23(27-15-26-16)30-13-17-3-4-18(14-30)21(17)12-22-28-24-31(9-2-10-32(24)29-22)20-7-5-19(25)6-8-20/h5-8,11,15,17-18,21H,2-4,9-10,12-14H2,1H3/t17-,18+,21?. The zero-order valence-electron chi connectivity index (χ0n) is 18.4. The molecule has 3 aliphatic rings. The van der Waals surface area contributed by atoms with Gasteiger partial charge in [0.25, 0.3) is 0 Å². The lowest BCUT2D eigenvalue weighted by Gasteiger charge is -2.38. The second-order valence-corrected chi connectivity index (χ2v) is 9.42. The number of aryl methyl sites for hydroxylation is 2. The van der Waals surface area contributed by atoms with Crippen LogP contribution in [0.3, 0.4) is 0 Å². The van der Waals surface area contributed by atoms with Gasteiger partial charge in [-0.2, -0.15) is 10.1 Å². The first kappa shape index (κ1) is 19.6. The number of nitrogens with zero attached hydrogens (tertiary/aromatic N) is 7. The first-order valence-electron chi connectivity index (χ1n) is 11.6. The van der Waals surface area contributed by atoms with E-state index in [9.17, 15) is 4.39 Å². The molecule has 0 radical (unpaired) electrons. The molecule has 6 rings (SSSR count). The van der Waals surface area contributed by atoms with Crippen LogP contribution in [-0.2, 0) is 13.0 Å². The fourth-order valence-electron chi connectivity index (χ4n) is 5.84. The second-order valence-electron chi connectivity index (χ2n) is 9.42. The van der Waals surface area contributed by atoms with Crippen molar-refractivity contribution in [2.24, 2.45) is 17.8 Å². The third-order valence-corrected chi connectivity index (χ3v) is 7.39. The molecule has 0 amide bonds. The minimum atomic E-state index is -0.216. The van der Waals surface area contributed by atoms with E-state index in [1.54, 1.807) is 6.33 Å². The summed E-state index contributed by atoms with van der Waals surface area (Å²) in [6.07, 6.45) is 6.15. The quantitative estimate of drug-likeness (QED) is 0.624. The number of anilines is 3. The van der Waals surface area contributed by atoms with Gasteiger partial charge in [0.05, 0.1) is 0 Å². The van der Waals surface area contributed by atoms with Gasteiger partial charge in [-0.1, -0.05) is 0 Å². The van der Waals surface area contributed by atoms with Gasteiger partial charge in [-0.3, -0.25) is 0 Å². The summed E-state index contributed by atoms with van der Waals surface area (Å²) in [6, 6.07) is 8.76. The molecule has 3 aromatic rings. The van der Waals surface area contributed by atoms with Crippen molar-refractivity contribution in [1.29, 1.82) is 0 Å². The molecule has 1 unspecified atom stereocenters. The maximum Gasteiger partial charge on any atom is 0.228 e. The van der Waals surface area contributed by atoms with Crippen LogP contribution in [0.1, 0.15) is 30.8 Å². The summed E-state index contributed by atoms with van der Waals surface area (Å²) in [5, 5.41) is 4.88. The number of halogens is 1. The van der Waals surface area contributed by atoms with Gasteiger partial charge in [-0.15, -0.1) is 0 Å². The number of benzene rings is 1. The van der Waals surface area contributed by atoms with Crippen molar-refractivity contribution in [1.82, 2.24) is 24.7 Å². The fraction of sp³-hybridized carbons (Fsp3) is 0.500. The van der Waals surface area contributed by atoms with Crippen LogP contribution < -0.4 is 9.80 Å². The number of hydrogen-bond acceptors (Lipinski definition) is 6. The van der Waals surface area contributed by atoms with Crippen LogP contribution in [0, 0.1) is 30.5 Å². The number of rotatable bonds is 4. The van der Waals surface area contributed by atoms with E-state index in [-0.39, 0.29) is 5.82 Å². The minimum Gasteiger partial charge on any atom is -0.356 e. The van der Waals surface area contributed by atoms with Crippen molar-refractivity contribution in [3.05, 3.63) is 54.0 Å². The molecule has 3 atom stereocenters. The minimum absolute atomic E-state index is 0.216. The molecule has 1 aliphatic carbocycles. The Balaban J connectivity index is 1.20. The Bertz CT molecular complexity index is 1100. The monoisotopic (exact) mass is 433 g/mol. The van der Waals surface area contributed by atoms with Gasteiger partial charge < -0.3 is 9.80 Å². The van der Waals surface area contributed by atoms with Crippen LogP contribution in [0.4, 0.5) is 21.8 Å². The molecule has 1 aromatic carbocycles. The molecule has 166 valence electrons. The van der Waals surface area contributed by atoms with Crippen molar-refractivity contribution in [2.75, 3.05) is 29.4 Å². The topological polar surface area (TPSA) is 63.0 Å². The molecule has 0 spiro atoms. The smallest absolute Gasteiger partial charge is 0.228 e. The molecule has 2 aliphatic heterocycles. The Morgan fingerprint density at radius 1 is 1.03 bits per heavy atom. The second kappa shape index (κ2) is 7.83. The van der Waals surface area contributed by atoms with Crippen molar-refractivity contribution in [3.8, 4) is 0 Å². The van der Waals surface area contributed by atoms with Gasteiger partial charge in [0.15, 0.2) is 5.82 Å². The molecule has 0 N–H and O–H groups in total. The van der Waals surface area contributed by atoms with Crippen LogP contribution in [0.25, 0.3) is 0 Å². The Morgan fingerprint density at radius 2 is 1.81 bits per heavy atom. The van der Waals surface area contributed by atoms with Gasteiger partial charge in [0.1, 0.15) is 18.0 Å². The highest BCUT2D eigenvalue weighted by molar-refractivity contribution is 5.58. The summed E-state index contributed by atoms with van der Waals surface area (Å²) in [6.45, 7) is 5.89. The number of piperidine rings is 1. The predicted octanol–water partition coefficient (Wildman–Crippen LogP) is 3.76. The molecule has 4 heterocycles. The van der Waals surface area contributed by atoms with E-state index in [0.717, 1.165) is 68.0 Å². The Hall–Kier alpha value is -3.03. The van der Waals surface area contributed by atoms with E-state index in [1.807, 2.05) is 23.7 Å². The first-order chi connectivity index (χ1) is 15.6. The van der Waals surface area contributed by atoms with E-state index in [2.05, 4.69) is 25.8 Å². The highest BCUT2D eigenvalue weighted by Crippen LogP contribution is 2.44. The largest absolute Gasteiger partial charge is 0.356 e. The lowest BCUT2D eigenvalue weighted by Crippen LogP contribution is -2.43. The molecule has 2 fully saturated rings. The zero-order valence-corrected chi connectivity index (χ0v) is 18.4. The van der Waals surface area contributed by atoms with Crippen molar-refractivity contribution >= 4 is 17.5 Å². The SMILES string of the molecule is Cc1cc(N2C[C@H]3CC[C@@H](C2)C3Cc2nc3n(n2)CCCN3c2ccc(F)cc2)ncn1. The highest BCUT2D eigenvalue weighted by Gasteiger charge is 2.43. The van der Waals surface area contributed by atoms with Crippen molar-refractivity contribution < 1.29 is 4.39 Å². The third-order valence-electron chi connectivity index (χ3n) is 7.39. The van der Waals surface area contributed by atoms with E-state index >= 15 is 0 Å². The molecule has 2 aromatic heterocycles. The van der Waals surface area contributed by atoms with E-state index in [0.29, 0.717) is 17.8 Å². The van der Waals surface area contributed by atoms with Gasteiger partial charge in [-0.05, 0) is 68.2 Å². The summed E-state index contributed by atoms with van der Waals surface area (Å²) in [5.41, 5.74) is 1.99. The molecule has 7 nitrogen and oxygen atoms in total. The Morgan fingerprint density at radius 3 is 2.56 bits per heavy atom. The zero-order chi connectivity index (χ0) is 21.7. The van der Waals surface area contributed by atoms with Crippen molar-refractivity contribution in [2.45, 2.75) is 39.2 Å². The predicted molar refractivity (Wildman–Crippen MR) is 120 cm³/mol. The molecule has 1 saturated heterocycles. The summed E-state index contributed by atoms with van der Waals surface area (Å²) >= 11 is 0. The lowest BCUT2D eigenvalue weighted by molar-refractivity contribution is 0.264. The summed E-state index contributed by atoms with van der Waals surface area (Å²) in [5.74, 6) is 4.60. The summed E-state index contributed by atoms with van der Waals surface area (Å²) in [7, 11) is 0. The summed E-state index contributed by atoms with van der Waals surface area (Å²) in [4.78, 5) is 18.3. The maximum absolute atomic E-state index is 13.4. The van der Waals surface area contributed by atoms with E-state index in [4.69, 9.17) is 10.1 Å². The molecule has 2 bridgehead atoms. The first-order valence-corrected chi connectivity index (χ1v) is 11.6. The normalized spacial score (nSPS) is 24.6. The molecular weight excluding hydrogens is 405 g/mol. The van der Waals surface area contributed by atoms with Crippen molar-refractivity contribution in [3.63, 3.8) is 0 Å². The lowest BCUT2D eigenvalue weighted by atomic mass is 9.82. The highest BCUT2D eigenvalue weighted by atomic mass is 19.1. The van der Waals surface area contributed by atoms with Gasteiger partial charge >= 0.3 is 0 Å². The number of aromatic nitrogens is 5. The van der Waals surface area contributed by atoms with Gasteiger partial charge in [0.2, 0.25) is 5.95 Å². The van der Waals surface area contributed by atoms with Crippen LogP contribution in [0.5, 0.6) is 0 Å². The van der Waals surface area contributed by atoms with Gasteiger partial charge in [0, 0.05) is 50.0 Å². The van der Waals surface area contributed by atoms with E-state index in [1.165, 1.54) is 25.0 Å². The van der Waals surface area contributed by atoms with Crippen LogP contribution in [0.15, 0.2) is 36.7 Å². The number of fused-ring (bicyclic) bond motifs is 3. The Kier molecular flexibility index (Phi) is 4.81. The molecule has 8 heteroatoms. The molecular formula is C24H28FN7. The average Bonchev–Trinajstić information content (AvgIpc) is 3.30.